The maximum atomic E-state index is 6.11. The second kappa shape index (κ2) is 7.06. The Bertz CT molecular complexity index is 1000. The number of benzene rings is 2. The van der Waals surface area contributed by atoms with Gasteiger partial charge in [0, 0.05) is 58.9 Å². The molecule has 0 radical (unpaired) electrons. The molecule has 1 unspecified atom stereocenters. The zero-order chi connectivity index (χ0) is 18.2. The van der Waals surface area contributed by atoms with Crippen LogP contribution in [0.5, 0.6) is 0 Å². The van der Waals surface area contributed by atoms with E-state index in [9.17, 15) is 0 Å². The Kier molecular flexibility index (Phi) is 4.42. The van der Waals surface area contributed by atoms with Gasteiger partial charge in [0.15, 0.2) is 0 Å². The molecule has 3 nitrogen and oxygen atoms in total. The van der Waals surface area contributed by atoms with Crippen LogP contribution in [0.15, 0.2) is 54.7 Å². The normalized spacial score (nSPS) is 19.7. The quantitative estimate of drug-likeness (QED) is 0.628. The summed E-state index contributed by atoms with van der Waals surface area (Å²) in [5, 5.41) is 5.59. The standard InChI is InChI=1S/C23H24ClN3/c24-18-5-6-20-21(15-26-23(20)13-18)16-7-10-27(11-8-16)12-9-17-14-25-22-4-2-1-3-19(17)22/h1-7,13,15,17,25-26H,8-12,14H2. The topological polar surface area (TPSA) is 31.1 Å². The van der Waals surface area contributed by atoms with E-state index in [1.807, 2.05) is 12.1 Å². The molecule has 2 aliphatic rings. The average molecular weight is 378 g/mol. The van der Waals surface area contributed by atoms with Crippen molar-refractivity contribution in [3.63, 3.8) is 0 Å². The van der Waals surface area contributed by atoms with Crippen molar-refractivity contribution in [2.75, 3.05) is 31.5 Å². The third-order valence-electron chi connectivity index (χ3n) is 6.02. The third-order valence-corrected chi connectivity index (χ3v) is 6.25. The molecule has 1 atom stereocenters. The Labute approximate surface area is 165 Å². The van der Waals surface area contributed by atoms with Crippen LogP contribution in [0.3, 0.4) is 0 Å². The summed E-state index contributed by atoms with van der Waals surface area (Å²) in [6, 6.07) is 14.8. The molecule has 0 saturated heterocycles. The predicted octanol–water partition coefficient (Wildman–Crippen LogP) is 5.51. The summed E-state index contributed by atoms with van der Waals surface area (Å²) in [5.41, 5.74) is 6.71. The number of aromatic nitrogens is 1. The molecule has 5 rings (SSSR count). The molecule has 0 amide bonds. The molecule has 0 bridgehead atoms. The van der Waals surface area contributed by atoms with Crippen molar-refractivity contribution >= 4 is 33.8 Å². The highest BCUT2D eigenvalue weighted by atomic mass is 35.5. The lowest BCUT2D eigenvalue weighted by Gasteiger charge is -2.27. The summed E-state index contributed by atoms with van der Waals surface area (Å²) in [6.45, 7) is 4.41. The monoisotopic (exact) mass is 377 g/mol. The molecule has 2 aliphatic heterocycles. The number of fused-ring (bicyclic) bond motifs is 2. The van der Waals surface area contributed by atoms with E-state index >= 15 is 0 Å². The van der Waals surface area contributed by atoms with Crippen molar-refractivity contribution in [2.45, 2.75) is 18.8 Å². The van der Waals surface area contributed by atoms with E-state index in [2.05, 4.69) is 57.8 Å². The number of aromatic amines is 1. The number of rotatable bonds is 4. The molecule has 3 aromatic rings. The molecular weight excluding hydrogens is 354 g/mol. The fourth-order valence-corrected chi connectivity index (χ4v) is 4.65. The van der Waals surface area contributed by atoms with Gasteiger partial charge in [-0.3, -0.25) is 4.90 Å². The fourth-order valence-electron chi connectivity index (χ4n) is 4.48. The summed E-state index contributed by atoms with van der Waals surface area (Å²) in [6.07, 6.45) is 6.86. The third kappa shape index (κ3) is 3.26. The van der Waals surface area contributed by atoms with Crippen molar-refractivity contribution in [1.82, 2.24) is 9.88 Å². The highest BCUT2D eigenvalue weighted by molar-refractivity contribution is 6.31. The van der Waals surface area contributed by atoms with Gasteiger partial charge in [-0.15, -0.1) is 0 Å². The van der Waals surface area contributed by atoms with E-state index in [4.69, 9.17) is 11.6 Å². The van der Waals surface area contributed by atoms with Gasteiger partial charge < -0.3 is 10.3 Å². The molecule has 138 valence electrons. The van der Waals surface area contributed by atoms with Crippen LogP contribution < -0.4 is 5.32 Å². The van der Waals surface area contributed by atoms with Gasteiger partial charge in [0.1, 0.15) is 0 Å². The summed E-state index contributed by atoms with van der Waals surface area (Å²) >= 11 is 6.11. The Morgan fingerprint density at radius 3 is 2.96 bits per heavy atom. The van der Waals surface area contributed by atoms with Crippen molar-refractivity contribution in [3.05, 3.63) is 70.9 Å². The summed E-state index contributed by atoms with van der Waals surface area (Å²) in [4.78, 5) is 5.94. The van der Waals surface area contributed by atoms with Crippen LogP contribution in [-0.4, -0.2) is 36.1 Å². The van der Waals surface area contributed by atoms with E-state index < -0.39 is 0 Å². The summed E-state index contributed by atoms with van der Waals surface area (Å²) < 4.78 is 0. The van der Waals surface area contributed by atoms with Crippen LogP contribution >= 0.6 is 11.6 Å². The number of nitrogens with zero attached hydrogens (tertiary/aromatic N) is 1. The number of hydrogen-bond acceptors (Lipinski definition) is 2. The summed E-state index contributed by atoms with van der Waals surface area (Å²) in [7, 11) is 0. The molecule has 0 spiro atoms. The van der Waals surface area contributed by atoms with Crippen LogP contribution in [0.1, 0.15) is 29.9 Å². The Morgan fingerprint density at radius 2 is 2.07 bits per heavy atom. The molecule has 2 N–H and O–H groups in total. The molecule has 2 aromatic carbocycles. The minimum absolute atomic E-state index is 0.643. The molecule has 0 fully saturated rings. The maximum absolute atomic E-state index is 6.11. The number of anilines is 1. The lowest BCUT2D eigenvalue weighted by Crippen LogP contribution is -2.30. The van der Waals surface area contributed by atoms with E-state index in [-0.39, 0.29) is 0 Å². The second-order valence-electron chi connectivity index (χ2n) is 7.63. The van der Waals surface area contributed by atoms with Crippen LogP contribution in [-0.2, 0) is 0 Å². The first-order valence-corrected chi connectivity index (χ1v) is 10.2. The van der Waals surface area contributed by atoms with Gasteiger partial charge in [-0.2, -0.15) is 0 Å². The Morgan fingerprint density at radius 1 is 1.15 bits per heavy atom. The first-order valence-electron chi connectivity index (χ1n) is 9.79. The van der Waals surface area contributed by atoms with E-state index in [1.165, 1.54) is 34.2 Å². The minimum Gasteiger partial charge on any atom is -0.384 e. The number of para-hydroxylation sites is 1. The number of halogens is 1. The van der Waals surface area contributed by atoms with Gasteiger partial charge in [0.2, 0.25) is 0 Å². The van der Waals surface area contributed by atoms with Gasteiger partial charge >= 0.3 is 0 Å². The largest absolute Gasteiger partial charge is 0.384 e. The molecule has 4 heteroatoms. The van der Waals surface area contributed by atoms with Gasteiger partial charge in [0.05, 0.1) is 0 Å². The predicted molar refractivity (Wildman–Crippen MR) is 115 cm³/mol. The van der Waals surface area contributed by atoms with Crippen LogP contribution in [0.4, 0.5) is 5.69 Å². The number of hydrogen-bond donors (Lipinski definition) is 2. The highest BCUT2D eigenvalue weighted by Crippen LogP contribution is 2.34. The van der Waals surface area contributed by atoms with Crippen molar-refractivity contribution in [1.29, 1.82) is 0 Å². The zero-order valence-corrected chi connectivity index (χ0v) is 16.1. The first kappa shape index (κ1) is 16.9. The van der Waals surface area contributed by atoms with Crippen molar-refractivity contribution in [3.8, 4) is 0 Å². The second-order valence-corrected chi connectivity index (χ2v) is 8.06. The van der Waals surface area contributed by atoms with Crippen LogP contribution in [0, 0.1) is 0 Å². The Balaban J connectivity index is 1.24. The van der Waals surface area contributed by atoms with Crippen molar-refractivity contribution < 1.29 is 0 Å². The minimum atomic E-state index is 0.643. The van der Waals surface area contributed by atoms with Crippen LogP contribution in [0.25, 0.3) is 16.5 Å². The number of nitrogens with one attached hydrogen (secondary N) is 2. The van der Waals surface area contributed by atoms with Gasteiger partial charge in [-0.25, -0.2) is 0 Å². The fraction of sp³-hybridized carbons (Fsp3) is 0.304. The lowest BCUT2D eigenvalue weighted by atomic mass is 9.96. The SMILES string of the molecule is Clc1ccc2c(C3=CCN(CCC4CNc5ccccc54)CC3)c[nH]c2c1. The molecule has 27 heavy (non-hydrogen) atoms. The van der Waals surface area contributed by atoms with E-state index in [1.54, 1.807) is 0 Å². The first-order chi connectivity index (χ1) is 13.3. The average Bonchev–Trinajstić information content (AvgIpc) is 3.30. The van der Waals surface area contributed by atoms with Crippen LogP contribution in [0.2, 0.25) is 5.02 Å². The molecule has 0 aliphatic carbocycles. The lowest BCUT2D eigenvalue weighted by molar-refractivity contribution is 0.290. The van der Waals surface area contributed by atoms with E-state index in [0.717, 1.165) is 43.1 Å². The summed E-state index contributed by atoms with van der Waals surface area (Å²) in [5.74, 6) is 0.643. The van der Waals surface area contributed by atoms with Gasteiger partial charge in [-0.05, 0) is 48.7 Å². The van der Waals surface area contributed by atoms with Gasteiger partial charge in [0.25, 0.3) is 0 Å². The van der Waals surface area contributed by atoms with Crippen molar-refractivity contribution in [2.24, 2.45) is 0 Å². The number of H-pyrrole nitrogens is 1. The molecule has 1 aromatic heterocycles. The highest BCUT2D eigenvalue weighted by Gasteiger charge is 2.23. The zero-order valence-electron chi connectivity index (χ0n) is 15.3. The molecule has 3 heterocycles. The molecule has 0 saturated carbocycles. The van der Waals surface area contributed by atoms with Gasteiger partial charge in [-0.1, -0.05) is 41.9 Å². The molecular formula is C23H24ClN3. The smallest absolute Gasteiger partial charge is 0.0475 e. The maximum Gasteiger partial charge on any atom is 0.0475 e. The Hall–Kier alpha value is -2.23. The van der Waals surface area contributed by atoms with E-state index in [0.29, 0.717) is 5.92 Å².